The van der Waals surface area contributed by atoms with Crippen molar-refractivity contribution in [2.24, 2.45) is 0 Å². The molecule has 0 spiro atoms. The third-order valence-corrected chi connectivity index (χ3v) is 2.69. The van der Waals surface area contributed by atoms with Gasteiger partial charge in [0.05, 0.1) is 10.9 Å². The van der Waals surface area contributed by atoms with Gasteiger partial charge in [0.2, 0.25) is 0 Å². The van der Waals surface area contributed by atoms with Crippen LogP contribution in [0.5, 0.6) is 5.75 Å². The number of aryl methyl sites for hydroxylation is 1. The molecule has 0 aliphatic rings. The van der Waals surface area contributed by atoms with Crippen LogP contribution in [0.1, 0.15) is 24.5 Å². The van der Waals surface area contributed by atoms with Gasteiger partial charge >= 0.3 is 5.63 Å². The lowest BCUT2D eigenvalue weighted by Crippen LogP contribution is -2.07. The van der Waals surface area contributed by atoms with Gasteiger partial charge < -0.3 is 9.52 Å². The number of hydrogen-bond donors (Lipinski definition) is 1. The van der Waals surface area contributed by atoms with Gasteiger partial charge in [-0.1, -0.05) is 25.5 Å². The molecule has 3 heteroatoms. The molecule has 0 fully saturated rings. The molecule has 16 heavy (non-hydrogen) atoms. The van der Waals surface area contributed by atoms with Crippen LogP contribution in [-0.2, 0) is 6.42 Å². The Morgan fingerprint density at radius 2 is 2.12 bits per heavy atom. The first-order valence-electron chi connectivity index (χ1n) is 5.39. The molecule has 0 bridgehead atoms. The maximum absolute atomic E-state index is 11.7. The predicted molar refractivity (Wildman–Crippen MR) is 62.9 cm³/mol. The van der Waals surface area contributed by atoms with E-state index in [1.165, 1.54) is 0 Å². The van der Waals surface area contributed by atoms with Crippen molar-refractivity contribution in [3.8, 4) is 5.75 Å². The van der Waals surface area contributed by atoms with E-state index in [1.807, 2.05) is 26.0 Å². The highest BCUT2D eigenvalue weighted by molar-refractivity contribution is 5.86. The molecule has 0 saturated heterocycles. The van der Waals surface area contributed by atoms with E-state index in [0.717, 1.165) is 12.0 Å². The second kappa shape index (κ2) is 4.00. The monoisotopic (exact) mass is 218 g/mol. The molecule has 0 radical (unpaired) electrons. The van der Waals surface area contributed by atoms with E-state index in [1.54, 1.807) is 6.07 Å². The van der Waals surface area contributed by atoms with Crippen LogP contribution in [0.3, 0.4) is 0 Å². The lowest BCUT2D eigenvalue weighted by atomic mass is 10.1. The first-order valence-corrected chi connectivity index (χ1v) is 5.39. The van der Waals surface area contributed by atoms with Crippen molar-refractivity contribution in [3.05, 3.63) is 39.7 Å². The molecular weight excluding hydrogens is 204 g/mol. The fourth-order valence-corrected chi connectivity index (χ4v) is 1.86. The minimum absolute atomic E-state index is 0.0665. The molecule has 1 heterocycles. The van der Waals surface area contributed by atoms with E-state index in [-0.39, 0.29) is 5.75 Å². The SMILES string of the molecule is CCCc1c(O)c2cccc(C)c2oc1=O. The molecule has 0 amide bonds. The molecule has 2 rings (SSSR count). The van der Waals surface area contributed by atoms with Crippen molar-refractivity contribution < 1.29 is 9.52 Å². The third kappa shape index (κ3) is 1.58. The predicted octanol–water partition coefficient (Wildman–Crippen LogP) is 2.76. The van der Waals surface area contributed by atoms with Crippen LogP contribution in [0.15, 0.2) is 27.4 Å². The normalized spacial score (nSPS) is 10.9. The first kappa shape index (κ1) is 10.7. The highest BCUT2D eigenvalue weighted by Gasteiger charge is 2.13. The molecule has 0 saturated carbocycles. The Balaban J connectivity index is 2.84. The highest BCUT2D eigenvalue weighted by Crippen LogP contribution is 2.28. The van der Waals surface area contributed by atoms with Crippen LogP contribution in [-0.4, -0.2) is 5.11 Å². The summed E-state index contributed by atoms with van der Waals surface area (Å²) >= 11 is 0. The van der Waals surface area contributed by atoms with E-state index in [2.05, 4.69) is 0 Å². The summed E-state index contributed by atoms with van der Waals surface area (Å²) in [5, 5.41) is 10.6. The number of benzene rings is 1. The minimum atomic E-state index is -0.429. The molecule has 3 nitrogen and oxygen atoms in total. The Morgan fingerprint density at radius 3 is 2.81 bits per heavy atom. The van der Waals surface area contributed by atoms with Gasteiger partial charge in [0.1, 0.15) is 11.3 Å². The minimum Gasteiger partial charge on any atom is -0.507 e. The maximum Gasteiger partial charge on any atom is 0.343 e. The quantitative estimate of drug-likeness (QED) is 0.788. The summed E-state index contributed by atoms with van der Waals surface area (Å²) < 4.78 is 5.24. The molecule has 0 aliphatic carbocycles. The van der Waals surface area contributed by atoms with Crippen molar-refractivity contribution in [1.29, 1.82) is 0 Å². The zero-order valence-corrected chi connectivity index (χ0v) is 9.41. The van der Waals surface area contributed by atoms with E-state index in [0.29, 0.717) is 23.0 Å². The smallest absolute Gasteiger partial charge is 0.343 e. The maximum atomic E-state index is 11.7. The molecule has 1 aromatic heterocycles. The molecular formula is C13H14O3. The fraction of sp³-hybridized carbons (Fsp3) is 0.308. The van der Waals surface area contributed by atoms with Gasteiger partial charge in [0.15, 0.2) is 0 Å². The molecule has 1 N–H and O–H groups in total. The second-order valence-electron chi connectivity index (χ2n) is 3.92. The van der Waals surface area contributed by atoms with Crippen LogP contribution >= 0.6 is 0 Å². The number of para-hydroxylation sites is 1. The Kier molecular flexibility index (Phi) is 2.69. The average Bonchev–Trinajstić information content (AvgIpc) is 2.26. The Labute approximate surface area is 93.3 Å². The highest BCUT2D eigenvalue weighted by atomic mass is 16.4. The molecule has 2 aromatic rings. The molecule has 0 unspecified atom stereocenters. The summed E-state index contributed by atoms with van der Waals surface area (Å²) in [5.41, 5.74) is 1.28. The van der Waals surface area contributed by atoms with E-state index >= 15 is 0 Å². The van der Waals surface area contributed by atoms with Crippen LogP contribution in [0.4, 0.5) is 0 Å². The van der Waals surface area contributed by atoms with Crippen LogP contribution in [0.25, 0.3) is 11.0 Å². The zero-order chi connectivity index (χ0) is 11.7. The largest absolute Gasteiger partial charge is 0.507 e. The summed E-state index contributed by atoms with van der Waals surface area (Å²) in [6, 6.07) is 5.46. The molecule has 84 valence electrons. The Hall–Kier alpha value is -1.77. The van der Waals surface area contributed by atoms with Crippen molar-refractivity contribution in [2.75, 3.05) is 0 Å². The van der Waals surface area contributed by atoms with E-state index < -0.39 is 5.63 Å². The van der Waals surface area contributed by atoms with Crippen LogP contribution in [0.2, 0.25) is 0 Å². The van der Waals surface area contributed by atoms with Crippen molar-refractivity contribution in [3.63, 3.8) is 0 Å². The van der Waals surface area contributed by atoms with Crippen molar-refractivity contribution in [1.82, 2.24) is 0 Å². The molecule has 0 aliphatic heterocycles. The first-order chi connectivity index (χ1) is 7.65. The topological polar surface area (TPSA) is 50.4 Å². The molecule has 0 atom stereocenters. The summed E-state index contributed by atoms with van der Waals surface area (Å²) in [4.78, 5) is 11.7. The average molecular weight is 218 g/mol. The summed E-state index contributed by atoms with van der Waals surface area (Å²) in [6.45, 7) is 3.81. The van der Waals surface area contributed by atoms with Gasteiger partial charge in [-0.05, 0) is 25.0 Å². The number of fused-ring (bicyclic) bond motifs is 1. The summed E-state index contributed by atoms with van der Waals surface area (Å²) in [6.07, 6.45) is 1.34. The Morgan fingerprint density at radius 1 is 1.38 bits per heavy atom. The van der Waals surface area contributed by atoms with Gasteiger partial charge in [0.25, 0.3) is 0 Å². The number of rotatable bonds is 2. The second-order valence-corrected chi connectivity index (χ2v) is 3.92. The van der Waals surface area contributed by atoms with E-state index in [9.17, 15) is 9.90 Å². The molecule has 1 aromatic carbocycles. The van der Waals surface area contributed by atoms with Gasteiger partial charge in [0, 0.05) is 0 Å². The zero-order valence-electron chi connectivity index (χ0n) is 9.41. The summed E-state index contributed by atoms with van der Waals surface area (Å²) in [5.74, 6) is 0.0665. The van der Waals surface area contributed by atoms with Gasteiger partial charge in [-0.3, -0.25) is 0 Å². The summed E-state index contributed by atoms with van der Waals surface area (Å²) in [7, 11) is 0. The van der Waals surface area contributed by atoms with Gasteiger partial charge in [-0.25, -0.2) is 4.79 Å². The van der Waals surface area contributed by atoms with Crippen LogP contribution < -0.4 is 5.63 Å². The lowest BCUT2D eigenvalue weighted by molar-refractivity contribution is 0.455. The van der Waals surface area contributed by atoms with Crippen LogP contribution in [0, 0.1) is 6.92 Å². The standard InChI is InChI=1S/C13H14O3/c1-3-5-10-11(14)9-7-4-6-8(2)12(9)16-13(10)15/h4,6-7,14H,3,5H2,1-2H3. The van der Waals surface area contributed by atoms with Crippen molar-refractivity contribution in [2.45, 2.75) is 26.7 Å². The van der Waals surface area contributed by atoms with Gasteiger partial charge in [-0.15, -0.1) is 0 Å². The number of aromatic hydroxyl groups is 1. The van der Waals surface area contributed by atoms with Gasteiger partial charge in [-0.2, -0.15) is 0 Å². The third-order valence-electron chi connectivity index (χ3n) is 2.69. The Bertz CT molecular complexity index is 581. The fourth-order valence-electron chi connectivity index (χ4n) is 1.86. The number of hydrogen-bond acceptors (Lipinski definition) is 3. The van der Waals surface area contributed by atoms with E-state index in [4.69, 9.17) is 4.42 Å². The lowest BCUT2D eigenvalue weighted by Gasteiger charge is -2.06. The van der Waals surface area contributed by atoms with Crippen molar-refractivity contribution >= 4 is 11.0 Å².